The molecule has 0 radical (unpaired) electrons. The Morgan fingerprint density at radius 3 is 2.71 bits per heavy atom. The summed E-state index contributed by atoms with van der Waals surface area (Å²) in [7, 11) is 0. The molecule has 2 atom stereocenters. The highest BCUT2D eigenvalue weighted by Gasteiger charge is 2.27. The van der Waals surface area contributed by atoms with E-state index in [2.05, 4.69) is 46.8 Å². The van der Waals surface area contributed by atoms with E-state index in [0.29, 0.717) is 19.0 Å². The van der Waals surface area contributed by atoms with Gasteiger partial charge in [-0.05, 0) is 32.3 Å². The standard InChI is InChI=1S/C18H27F2N3O/c1-3-21-18(23-12-16(19)20)22-11-15-5-4-10-24-17(15)14-8-6-13(2)7-9-14/h6-9,15-17H,3-5,10-12H2,1-2H3,(H2,21,22,23). The molecule has 134 valence electrons. The van der Waals surface area contributed by atoms with Gasteiger partial charge < -0.3 is 15.4 Å². The summed E-state index contributed by atoms with van der Waals surface area (Å²) in [5, 5.41) is 6.19. The summed E-state index contributed by atoms with van der Waals surface area (Å²) in [4.78, 5) is 3.91. The van der Waals surface area contributed by atoms with E-state index < -0.39 is 13.0 Å². The average Bonchev–Trinajstić information content (AvgIpc) is 2.58. The second-order valence-electron chi connectivity index (χ2n) is 6.10. The van der Waals surface area contributed by atoms with Crippen LogP contribution in [0.25, 0.3) is 0 Å². The van der Waals surface area contributed by atoms with Crippen LogP contribution in [0.3, 0.4) is 0 Å². The minimum absolute atomic E-state index is 0.0322. The van der Waals surface area contributed by atoms with Crippen molar-refractivity contribution in [2.24, 2.45) is 10.9 Å². The first-order valence-electron chi connectivity index (χ1n) is 8.58. The van der Waals surface area contributed by atoms with Gasteiger partial charge in [0, 0.05) is 25.6 Å². The fourth-order valence-corrected chi connectivity index (χ4v) is 2.91. The van der Waals surface area contributed by atoms with Crippen LogP contribution in [0.15, 0.2) is 29.3 Å². The van der Waals surface area contributed by atoms with Crippen LogP contribution < -0.4 is 10.6 Å². The van der Waals surface area contributed by atoms with Gasteiger partial charge >= 0.3 is 0 Å². The minimum Gasteiger partial charge on any atom is -0.373 e. The van der Waals surface area contributed by atoms with Crippen molar-refractivity contribution in [2.45, 2.75) is 39.2 Å². The molecule has 0 spiro atoms. The average molecular weight is 339 g/mol. The first-order chi connectivity index (χ1) is 11.6. The van der Waals surface area contributed by atoms with Gasteiger partial charge in [0.15, 0.2) is 5.96 Å². The summed E-state index contributed by atoms with van der Waals surface area (Å²) < 4.78 is 30.7. The highest BCUT2D eigenvalue weighted by Crippen LogP contribution is 2.33. The number of halogens is 2. The lowest BCUT2D eigenvalue weighted by atomic mass is 9.89. The number of aryl methyl sites for hydroxylation is 1. The van der Waals surface area contributed by atoms with Gasteiger partial charge in [-0.25, -0.2) is 13.8 Å². The van der Waals surface area contributed by atoms with Crippen LogP contribution >= 0.6 is 0 Å². The maximum atomic E-state index is 12.4. The fraction of sp³-hybridized carbons (Fsp3) is 0.611. The molecule has 1 fully saturated rings. The monoisotopic (exact) mass is 339 g/mol. The van der Waals surface area contributed by atoms with E-state index in [0.717, 1.165) is 19.4 Å². The van der Waals surface area contributed by atoms with Gasteiger partial charge in [-0.3, -0.25) is 0 Å². The van der Waals surface area contributed by atoms with Crippen molar-refractivity contribution in [3.63, 3.8) is 0 Å². The number of hydrogen-bond acceptors (Lipinski definition) is 2. The molecule has 0 saturated carbocycles. The Bertz CT molecular complexity index is 520. The molecule has 24 heavy (non-hydrogen) atoms. The summed E-state index contributed by atoms with van der Waals surface area (Å²) >= 11 is 0. The van der Waals surface area contributed by atoms with E-state index in [9.17, 15) is 8.78 Å². The molecular formula is C18H27F2N3O. The largest absolute Gasteiger partial charge is 0.373 e. The van der Waals surface area contributed by atoms with Crippen molar-refractivity contribution in [3.8, 4) is 0 Å². The number of nitrogens with one attached hydrogen (secondary N) is 2. The van der Waals surface area contributed by atoms with E-state index in [1.54, 1.807) is 0 Å². The number of guanidine groups is 1. The van der Waals surface area contributed by atoms with E-state index >= 15 is 0 Å². The summed E-state index contributed by atoms with van der Waals surface area (Å²) in [6.07, 6.45) is -0.345. The van der Waals surface area contributed by atoms with Gasteiger partial charge in [-0.2, -0.15) is 0 Å². The number of hydrogen-bond donors (Lipinski definition) is 2. The molecule has 1 heterocycles. The third kappa shape index (κ3) is 5.74. The molecule has 0 aromatic heterocycles. The van der Waals surface area contributed by atoms with Crippen LogP contribution in [0.2, 0.25) is 0 Å². The zero-order valence-corrected chi connectivity index (χ0v) is 14.4. The molecule has 1 aliphatic heterocycles. The molecule has 0 amide bonds. The second kappa shape index (κ2) is 9.57. The first-order valence-corrected chi connectivity index (χ1v) is 8.58. The molecule has 1 aromatic carbocycles. The topological polar surface area (TPSA) is 45.7 Å². The summed E-state index contributed by atoms with van der Waals surface area (Å²) in [5.74, 6) is 0.725. The van der Waals surface area contributed by atoms with Crippen LogP contribution in [-0.2, 0) is 4.74 Å². The maximum absolute atomic E-state index is 12.4. The van der Waals surface area contributed by atoms with Crippen molar-refractivity contribution in [3.05, 3.63) is 35.4 Å². The maximum Gasteiger partial charge on any atom is 0.257 e. The van der Waals surface area contributed by atoms with Crippen LogP contribution in [0.4, 0.5) is 8.78 Å². The van der Waals surface area contributed by atoms with Gasteiger partial charge in [-0.1, -0.05) is 29.8 Å². The van der Waals surface area contributed by atoms with Crippen molar-refractivity contribution >= 4 is 5.96 Å². The predicted molar refractivity (Wildman–Crippen MR) is 92.6 cm³/mol. The predicted octanol–water partition coefficient (Wildman–Crippen LogP) is 3.28. The molecule has 2 rings (SSSR count). The smallest absolute Gasteiger partial charge is 0.257 e. The molecule has 4 nitrogen and oxygen atoms in total. The molecule has 1 aromatic rings. The van der Waals surface area contributed by atoms with Gasteiger partial charge in [0.25, 0.3) is 6.43 Å². The molecule has 0 aliphatic carbocycles. The Morgan fingerprint density at radius 2 is 2.04 bits per heavy atom. The van der Waals surface area contributed by atoms with Crippen LogP contribution in [0.1, 0.15) is 37.0 Å². The summed E-state index contributed by atoms with van der Waals surface area (Å²) in [6.45, 7) is 5.53. The number of benzene rings is 1. The molecular weight excluding hydrogens is 312 g/mol. The van der Waals surface area contributed by atoms with Gasteiger partial charge in [0.2, 0.25) is 0 Å². The molecule has 0 bridgehead atoms. The van der Waals surface area contributed by atoms with Crippen LogP contribution in [-0.4, -0.2) is 38.6 Å². The summed E-state index contributed by atoms with van der Waals surface area (Å²) in [5.41, 5.74) is 2.39. The molecule has 6 heteroatoms. The zero-order chi connectivity index (χ0) is 17.4. The van der Waals surface area contributed by atoms with E-state index in [1.807, 2.05) is 6.92 Å². The number of aliphatic imine (C=N–C) groups is 1. The Balaban J connectivity index is 1.99. The highest BCUT2D eigenvalue weighted by molar-refractivity contribution is 5.79. The van der Waals surface area contributed by atoms with Gasteiger partial charge in [-0.15, -0.1) is 0 Å². The first kappa shape index (κ1) is 18.6. The minimum atomic E-state index is -2.43. The Labute approximate surface area is 142 Å². The van der Waals surface area contributed by atoms with E-state index in [1.165, 1.54) is 11.1 Å². The quantitative estimate of drug-likeness (QED) is 0.618. The number of ether oxygens (including phenoxy) is 1. The molecule has 2 unspecified atom stereocenters. The Hall–Kier alpha value is -1.69. The van der Waals surface area contributed by atoms with E-state index in [4.69, 9.17) is 4.74 Å². The van der Waals surface area contributed by atoms with Crippen molar-refractivity contribution in [1.29, 1.82) is 0 Å². The number of nitrogens with zero attached hydrogens (tertiary/aromatic N) is 1. The van der Waals surface area contributed by atoms with Crippen LogP contribution in [0.5, 0.6) is 0 Å². The van der Waals surface area contributed by atoms with Crippen molar-refractivity contribution in [2.75, 3.05) is 26.2 Å². The lowest BCUT2D eigenvalue weighted by molar-refractivity contribution is -0.0265. The molecule has 2 N–H and O–H groups in total. The molecule has 1 saturated heterocycles. The van der Waals surface area contributed by atoms with Crippen molar-refractivity contribution < 1.29 is 13.5 Å². The number of rotatable bonds is 6. The van der Waals surface area contributed by atoms with Crippen LogP contribution in [0, 0.1) is 12.8 Å². The normalized spacial score (nSPS) is 21.8. The zero-order valence-electron chi connectivity index (χ0n) is 14.4. The Morgan fingerprint density at radius 1 is 1.29 bits per heavy atom. The van der Waals surface area contributed by atoms with Crippen molar-refractivity contribution in [1.82, 2.24) is 10.6 Å². The lowest BCUT2D eigenvalue weighted by Crippen LogP contribution is -2.42. The summed E-state index contributed by atoms with van der Waals surface area (Å²) in [6, 6.07) is 8.39. The number of alkyl halides is 2. The molecule has 1 aliphatic rings. The van der Waals surface area contributed by atoms with Gasteiger partial charge in [0.1, 0.15) is 6.54 Å². The second-order valence-corrected chi connectivity index (χ2v) is 6.10. The highest BCUT2D eigenvalue weighted by atomic mass is 19.3. The van der Waals surface area contributed by atoms with E-state index in [-0.39, 0.29) is 12.0 Å². The van der Waals surface area contributed by atoms with Gasteiger partial charge in [0.05, 0.1) is 6.10 Å². The third-order valence-corrected chi connectivity index (χ3v) is 4.11. The third-order valence-electron chi connectivity index (χ3n) is 4.11. The lowest BCUT2D eigenvalue weighted by Gasteiger charge is -2.32. The Kier molecular flexibility index (Phi) is 7.43. The SMILES string of the molecule is CCNC(=NCC(F)F)NCC1CCCOC1c1ccc(C)cc1. The fourth-order valence-electron chi connectivity index (χ4n) is 2.91.